The summed E-state index contributed by atoms with van der Waals surface area (Å²) in [5.74, 6) is 3.29. The van der Waals surface area contributed by atoms with Crippen LogP contribution >= 0.6 is 11.8 Å². The summed E-state index contributed by atoms with van der Waals surface area (Å²) in [5.41, 5.74) is 1.34. The molecule has 0 aromatic heterocycles. The maximum absolute atomic E-state index is 12.5. The molecule has 2 aromatic carbocycles. The van der Waals surface area contributed by atoms with Crippen molar-refractivity contribution in [1.82, 2.24) is 0 Å². The molecular formula is C33H46O5S. The largest absolute Gasteiger partial charge is 0.490 e. The Morgan fingerprint density at radius 3 is 2.10 bits per heavy atom. The fourth-order valence-electron chi connectivity index (χ4n) is 5.14. The van der Waals surface area contributed by atoms with Crippen molar-refractivity contribution >= 4 is 23.7 Å². The maximum atomic E-state index is 12.5. The van der Waals surface area contributed by atoms with Crippen molar-refractivity contribution in [3.8, 4) is 5.75 Å². The maximum Gasteiger partial charge on any atom is 0.330 e. The second-order valence-corrected chi connectivity index (χ2v) is 12.0. The van der Waals surface area contributed by atoms with E-state index < -0.39 is 12.1 Å². The molecule has 0 saturated heterocycles. The van der Waals surface area contributed by atoms with Crippen LogP contribution in [0.3, 0.4) is 0 Å². The van der Waals surface area contributed by atoms with Gasteiger partial charge >= 0.3 is 11.9 Å². The Balaban J connectivity index is 2.03. The third-order valence-electron chi connectivity index (χ3n) is 6.79. The van der Waals surface area contributed by atoms with Crippen molar-refractivity contribution < 1.29 is 23.8 Å². The van der Waals surface area contributed by atoms with Crippen LogP contribution in [-0.4, -0.2) is 37.0 Å². The van der Waals surface area contributed by atoms with E-state index in [1.54, 1.807) is 11.8 Å². The molecule has 0 saturated carbocycles. The number of hydrogen-bond donors (Lipinski definition) is 0. The molecule has 0 fully saturated rings. The van der Waals surface area contributed by atoms with E-state index in [0.29, 0.717) is 41.8 Å². The van der Waals surface area contributed by atoms with Gasteiger partial charge in [0.05, 0.1) is 6.61 Å². The Morgan fingerprint density at radius 2 is 1.54 bits per heavy atom. The van der Waals surface area contributed by atoms with E-state index in [1.807, 2.05) is 42.5 Å². The van der Waals surface area contributed by atoms with E-state index in [9.17, 15) is 9.59 Å². The minimum Gasteiger partial charge on any atom is -0.490 e. The molecule has 2 aromatic rings. The second kappa shape index (κ2) is 17.1. The molecule has 2 rings (SSSR count). The first kappa shape index (κ1) is 32.5. The van der Waals surface area contributed by atoms with E-state index in [2.05, 4.69) is 60.3 Å². The van der Waals surface area contributed by atoms with Gasteiger partial charge in [-0.05, 0) is 65.8 Å². The number of thioether (sulfide) groups is 1. The van der Waals surface area contributed by atoms with Crippen molar-refractivity contribution in [2.45, 2.75) is 71.3 Å². The monoisotopic (exact) mass is 554 g/mol. The van der Waals surface area contributed by atoms with Gasteiger partial charge in [-0.3, -0.25) is 4.79 Å². The Hall–Kier alpha value is -2.73. The summed E-state index contributed by atoms with van der Waals surface area (Å²) in [4.78, 5) is 24.8. The summed E-state index contributed by atoms with van der Waals surface area (Å²) in [6.07, 6.45) is 1.24. The van der Waals surface area contributed by atoms with Crippen LogP contribution in [0, 0.1) is 23.7 Å². The average molecular weight is 555 g/mol. The van der Waals surface area contributed by atoms with Crippen LogP contribution in [0.25, 0.3) is 0 Å². The summed E-state index contributed by atoms with van der Waals surface area (Å²) in [6.45, 7) is 17.7. The van der Waals surface area contributed by atoms with E-state index in [0.717, 1.165) is 16.7 Å². The quantitative estimate of drug-likeness (QED) is 0.0856. The second-order valence-electron chi connectivity index (χ2n) is 10.9. The predicted octanol–water partition coefficient (Wildman–Crippen LogP) is 7.95. The number of benzene rings is 2. The molecule has 214 valence electrons. The molecule has 2 atom stereocenters. The van der Waals surface area contributed by atoms with E-state index in [1.165, 1.54) is 5.56 Å². The fraction of sp³-hybridized carbons (Fsp3) is 0.515. The van der Waals surface area contributed by atoms with E-state index in [-0.39, 0.29) is 25.6 Å². The number of esters is 2. The normalized spacial score (nSPS) is 13.0. The van der Waals surface area contributed by atoms with E-state index in [4.69, 9.17) is 14.2 Å². The lowest BCUT2D eigenvalue weighted by Crippen LogP contribution is -2.28. The molecule has 0 aliphatic rings. The van der Waals surface area contributed by atoms with Crippen LogP contribution in [0.15, 0.2) is 72.1 Å². The van der Waals surface area contributed by atoms with Crippen LogP contribution in [0.5, 0.6) is 5.75 Å². The molecule has 0 heterocycles. The molecule has 0 radical (unpaired) electrons. The van der Waals surface area contributed by atoms with Gasteiger partial charge in [0, 0.05) is 23.1 Å². The van der Waals surface area contributed by atoms with Crippen molar-refractivity contribution in [3.63, 3.8) is 0 Å². The Morgan fingerprint density at radius 1 is 0.897 bits per heavy atom. The fourth-order valence-corrected chi connectivity index (χ4v) is 6.03. The SMILES string of the molecule is C=CC(=O)OCCCC(=O)OC(COc1ccc(C(C(C)C)C(C(C)C)C(C)C)cc1)CSc1ccccc1. The zero-order valence-electron chi connectivity index (χ0n) is 24.4. The highest BCUT2D eigenvalue weighted by Crippen LogP contribution is 2.41. The van der Waals surface area contributed by atoms with Crippen molar-refractivity contribution in [2.75, 3.05) is 19.0 Å². The van der Waals surface area contributed by atoms with Crippen molar-refractivity contribution in [1.29, 1.82) is 0 Å². The van der Waals surface area contributed by atoms with Crippen LogP contribution in [0.1, 0.15) is 65.9 Å². The molecule has 0 aliphatic carbocycles. The van der Waals surface area contributed by atoms with Crippen molar-refractivity contribution in [3.05, 3.63) is 72.8 Å². The number of carbonyl (C=O) groups excluding carboxylic acids is 2. The highest BCUT2D eigenvalue weighted by Gasteiger charge is 2.31. The van der Waals surface area contributed by atoms with Gasteiger partial charge in [0.1, 0.15) is 18.5 Å². The van der Waals surface area contributed by atoms with Gasteiger partial charge in [-0.1, -0.05) is 78.5 Å². The minimum atomic E-state index is -0.497. The standard InChI is InChI=1S/C33H46O5S/c1-8-30(34)36-20-12-15-31(35)38-28(22-39-29-13-10-9-11-14-29)21-37-27-18-16-26(17-19-27)33(25(6)7)32(23(2)3)24(4)5/h8-11,13-14,16-19,23-25,28,32-33H,1,12,15,20-22H2,2-7H3. The number of hydrogen-bond acceptors (Lipinski definition) is 6. The van der Waals surface area contributed by atoms with Gasteiger partial charge in [0.15, 0.2) is 0 Å². The molecule has 5 nitrogen and oxygen atoms in total. The average Bonchev–Trinajstić information content (AvgIpc) is 2.91. The molecule has 0 N–H and O–H groups in total. The summed E-state index contributed by atoms with van der Waals surface area (Å²) in [7, 11) is 0. The third kappa shape index (κ3) is 11.5. The lowest BCUT2D eigenvalue weighted by Gasteiger charge is -2.36. The number of carbonyl (C=O) groups is 2. The van der Waals surface area contributed by atoms with Gasteiger partial charge < -0.3 is 14.2 Å². The molecule has 39 heavy (non-hydrogen) atoms. The smallest absolute Gasteiger partial charge is 0.330 e. The molecule has 0 aliphatic heterocycles. The van der Waals surface area contributed by atoms with Crippen LogP contribution < -0.4 is 4.74 Å². The predicted molar refractivity (Wildman–Crippen MR) is 160 cm³/mol. The van der Waals surface area contributed by atoms with Crippen LogP contribution in [0.4, 0.5) is 0 Å². The highest BCUT2D eigenvalue weighted by atomic mass is 32.2. The molecular weight excluding hydrogens is 508 g/mol. The molecule has 0 amide bonds. The van der Waals surface area contributed by atoms with Gasteiger partial charge in [-0.25, -0.2) is 4.79 Å². The summed E-state index contributed by atoms with van der Waals surface area (Å²) in [5, 5.41) is 0. The first-order valence-corrected chi connectivity index (χ1v) is 15.0. The van der Waals surface area contributed by atoms with Gasteiger partial charge in [0.2, 0.25) is 0 Å². The summed E-state index contributed by atoms with van der Waals surface area (Å²) in [6, 6.07) is 18.4. The van der Waals surface area contributed by atoms with Gasteiger partial charge in [-0.15, -0.1) is 11.8 Å². The number of ether oxygens (including phenoxy) is 3. The first-order chi connectivity index (χ1) is 18.6. The molecule has 2 unspecified atom stereocenters. The zero-order chi connectivity index (χ0) is 28.8. The number of rotatable bonds is 17. The van der Waals surface area contributed by atoms with Crippen molar-refractivity contribution in [2.24, 2.45) is 23.7 Å². The van der Waals surface area contributed by atoms with Gasteiger partial charge in [0.25, 0.3) is 0 Å². The molecule has 0 bridgehead atoms. The van der Waals surface area contributed by atoms with Crippen LogP contribution in [-0.2, 0) is 19.1 Å². The molecule has 0 spiro atoms. The molecule has 6 heteroatoms. The van der Waals surface area contributed by atoms with Gasteiger partial charge in [-0.2, -0.15) is 0 Å². The minimum absolute atomic E-state index is 0.151. The summed E-state index contributed by atoms with van der Waals surface area (Å²) >= 11 is 1.62. The lowest BCUT2D eigenvalue weighted by atomic mass is 9.68. The van der Waals surface area contributed by atoms with E-state index >= 15 is 0 Å². The summed E-state index contributed by atoms with van der Waals surface area (Å²) < 4.78 is 16.8. The highest BCUT2D eigenvalue weighted by molar-refractivity contribution is 7.99. The zero-order valence-corrected chi connectivity index (χ0v) is 25.2. The Labute approximate surface area is 239 Å². The Bertz CT molecular complexity index is 993. The van der Waals surface area contributed by atoms with Crippen LogP contribution in [0.2, 0.25) is 0 Å². The topological polar surface area (TPSA) is 61.8 Å². The third-order valence-corrected chi connectivity index (χ3v) is 7.93. The lowest BCUT2D eigenvalue weighted by molar-refractivity contribution is -0.150. The Kier molecular flexibility index (Phi) is 14.2. The first-order valence-electron chi connectivity index (χ1n) is 14.0.